The van der Waals surface area contributed by atoms with Gasteiger partial charge in [-0.25, -0.2) is 0 Å². The number of aliphatic hydroxyl groups is 1. The Labute approximate surface area is 83.4 Å². The molecule has 0 aromatic carbocycles. The molecule has 0 radical (unpaired) electrons. The molecule has 13 heavy (non-hydrogen) atoms. The molecule has 2 rings (SSSR count). The van der Waals surface area contributed by atoms with E-state index in [0.29, 0.717) is 5.92 Å². The predicted molar refractivity (Wildman–Crippen MR) is 56.2 cm³/mol. The predicted octanol–water partition coefficient (Wildman–Crippen LogP) is 3.16. The monoisotopic (exact) mass is 196 g/mol. The van der Waals surface area contributed by atoms with Crippen LogP contribution in [0.4, 0.5) is 0 Å². The van der Waals surface area contributed by atoms with Crippen molar-refractivity contribution in [3.05, 3.63) is 22.4 Å². The minimum Gasteiger partial charge on any atom is -0.390 e. The molecule has 1 aliphatic rings. The van der Waals surface area contributed by atoms with Gasteiger partial charge in [-0.1, -0.05) is 12.8 Å². The first-order valence-corrected chi connectivity index (χ1v) is 5.89. The molecule has 1 N–H and O–H groups in total. The van der Waals surface area contributed by atoms with Crippen molar-refractivity contribution in [1.29, 1.82) is 0 Å². The molecule has 0 amide bonds. The third kappa shape index (κ3) is 1.79. The zero-order valence-corrected chi connectivity index (χ0v) is 8.81. The second kappa shape index (κ2) is 3.43. The molecule has 1 fully saturated rings. The Morgan fingerprint density at radius 3 is 3.00 bits per heavy atom. The van der Waals surface area contributed by atoms with Gasteiger partial charge in [0.15, 0.2) is 0 Å². The maximum absolute atomic E-state index is 10.2. The van der Waals surface area contributed by atoms with Crippen LogP contribution >= 0.6 is 11.3 Å². The standard InChI is InChI=1S/C11H16OS/c1-11(12)6-3-2-4-10(11)9-5-7-13-8-9/h5,7-8,10,12H,2-4,6H2,1H3. The summed E-state index contributed by atoms with van der Waals surface area (Å²) < 4.78 is 0. The number of hydrogen-bond donors (Lipinski definition) is 1. The largest absolute Gasteiger partial charge is 0.390 e. The molecule has 0 bridgehead atoms. The first-order valence-electron chi connectivity index (χ1n) is 4.94. The van der Waals surface area contributed by atoms with E-state index in [1.807, 2.05) is 6.92 Å². The molecule has 1 heterocycles. The van der Waals surface area contributed by atoms with E-state index in [-0.39, 0.29) is 0 Å². The molecule has 1 aliphatic carbocycles. The molecule has 72 valence electrons. The van der Waals surface area contributed by atoms with Crippen LogP contribution in [-0.4, -0.2) is 10.7 Å². The molecule has 2 heteroatoms. The first-order chi connectivity index (χ1) is 6.20. The minimum absolute atomic E-state index is 0.368. The van der Waals surface area contributed by atoms with Gasteiger partial charge in [0.1, 0.15) is 0 Å². The Morgan fingerprint density at radius 2 is 2.38 bits per heavy atom. The van der Waals surface area contributed by atoms with Crippen LogP contribution in [-0.2, 0) is 0 Å². The molecule has 1 aromatic rings. The second-order valence-electron chi connectivity index (χ2n) is 4.21. The van der Waals surface area contributed by atoms with E-state index in [1.165, 1.54) is 18.4 Å². The van der Waals surface area contributed by atoms with E-state index < -0.39 is 5.60 Å². The average Bonchev–Trinajstić information content (AvgIpc) is 2.55. The van der Waals surface area contributed by atoms with Crippen LogP contribution in [0, 0.1) is 0 Å². The average molecular weight is 196 g/mol. The Morgan fingerprint density at radius 1 is 1.54 bits per heavy atom. The lowest BCUT2D eigenvalue weighted by molar-refractivity contribution is 0.000795. The lowest BCUT2D eigenvalue weighted by atomic mass is 9.74. The highest BCUT2D eigenvalue weighted by Gasteiger charge is 2.35. The van der Waals surface area contributed by atoms with Crippen molar-refractivity contribution in [2.75, 3.05) is 0 Å². The van der Waals surface area contributed by atoms with Crippen molar-refractivity contribution in [2.24, 2.45) is 0 Å². The van der Waals surface area contributed by atoms with Crippen molar-refractivity contribution in [2.45, 2.75) is 44.1 Å². The summed E-state index contributed by atoms with van der Waals surface area (Å²) in [4.78, 5) is 0. The number of rotatable bonds is 1. The molecule has 2 atom stereocenters. The highest BCUT2D eigenvalue weighted by atomic mass is 32.1. The van der Waals surface area contributed by atoms with Crippen LogP contribution in [0.2, 0.25) is 0 Å². The van der Waals surface area contributed by atoms with Crippen LogP contribution in [0.5, 0.6) is 0 Å². The summed E-state index contributed by atoms with van der Waals surface area (Å²) in [6, 6.07) is 2.15. The summed E-state index contributed by atoms with van der Waals surface area (Å²) in [5.41, 5.74) is 0.856. The van der Waals surface area contributed by atoms with E-state index in [1.54, 1.807) is 11.3 Å². The smallest absolute Gasteiger partial charge is 0.0688 e. The molecule has 1 aromatic heterocycles. The SMILES string of the molecule is CC1(O)CCCCC1c1ccsc1. The van der Waals surface area contributed by atoms with Gasteiger partial charge in [0.05, 0.1) is 5.60 Å². The maximum Gasteiger partial charge on any atom is 0.0688 e. The van der Waals surface area contributed by atoms with Crippen LogP contribution in [0.1, 0.15) is 44.1 Å². The summed E-state index contributed by atoms with van der Waals surface area (Å²) in [7, 11) is 0. The van der Waals surface area contributed by atoms with Crippen LogP contribution in [0.3, 0.4) is 0 Å². The van der Waals surface area contributed by atoms with Gasteiger partial charge in [0.2, 0.25) is 0 Å². The summed E-state index contributed by atoms with van der Waals surface area (Å²) >= 11 is 1.72. The van der Waals surface area contributed by atoms with Crippen LogP contribution in [0.15, 0.2) is 16.8 Å². The Hall–Kier alpha value is -0.340. The third-order valence-electron chi connectivity index (χ3n) is 3.12. The van der Waals surface area contributed by atoms with Crippen molar-refractivity contribution < 1.29 is 5.11 Å². The number of hydrogen-bond acceptors (Lipinski definition) is 2. The lowest BCUT2D eigenvalue weighted by Gasteiger charge is -2.36. The van der Waals surface area contributed by atoms with Gasteiger partial charge in [-0.15, -0.1) is 0 Å². The number of thiophene rings is 1. The molecule has 1 nitrogen and oxygen atoms in total. The Balaban J connectivity index is 2.21. The van der Waals surface area contributed by atoms with E-state index in [9.17, 15) is 5.11 Å². The van der Waals surface area contributed by atoms with Gasteiger partial charge in [0, 0.05) is 5.92 Å². The molecule has 2 unspecified atom stereocenters. The highest BCUT2D eigenvalue weighted by Crippen LogP contribution is 2.41. The molecule has 0 spiro atoms. The molecule has 0 saturated heterocycles. The van der Waals surface area contributed by atoms with Gasteiger partial charge in [-0.3, -0.25) is 0 Å². The summed E-state index contributed by atoms with van der Waals surface area (Å²) in [5, 5.41) is 14.5. The maximum atomic E-state index is 10.2. The molecular formula is C11H16OS. The third-order valence-corrected chi connectivity index (χ3v) is 3.82. The van der Waals surface area contributed by atoms with Gasteiger partial charge < -0.3 is 5.11 Å². The van der Waals surface area contributed by atoms with Gasteiger partial charge in [0.25, 0.3) is 0 Å². The normalized spacial score (nSPS) is 34.8. The van der Waals surface area contributed by atoms with E-state index in [4.69, 9.17) is 0 Å². The van der Waals surface area contributed by atoms with Crippen LogP contribution < -0.4 is 0 Å². The van der Waals surface area contributed by atoms with Gasteiger partial charge in [-0.05, 0) is 42.2 Å². The summed E-state index contributed by atoms with van der Waals surface area (Å²) in [5.74, 6) is 0.368. The Kier molecular flexibility index (Phi) is 2.43. The van der Waals surface area contributed by atoms with E-state index in [0.717, 1.165) is 12.8 Å². The van der Waals surface area contributed by atoms with Gasteiger partial charge in [-0.2, -0.15) is 11.3 Å². The lowest BCUT2D eigenvalue weighted by Crippen LogP contribution is -2.35. The minimum atomic E-state index is -0.473. The molecular weight excluding hydrogens is 180 g/mol. The fraction of sp³-hybridized carbons (Fsp3) is 0.636. The zero-order valence-electron chi connectivity index (χ0n) is 7.99. The summed E-state index contributed by atoms with van der Waals surface area (Å²) in [6.07, 6.45) is 4.53. The molecule has 1 saturated carbocycles. The Bertz CT molecular complexity index is 264. The van der Waals surface area contributed by atoms with Crippen molar-refractivity contribution in [3.8, 4) is 0 Å². The molecule has 0 aliphatic heterocycles. The highest BCUT2D eigenvalue weighted by molar-refractivity contribution is 7.07. The fourth-order valence-electron chi connectivity index (χ4n) is 2.32. The zero-order chi connectivity index (χ0) is 9.31. The first kappa shape index (κ1) is 9.22. The van der Waals surface area contributed by atoms with Gasteiger partial charge >= 0.3 is 0 Å². The topological polar surface area (TPSA) is 20.2 Å². The van der Waals surface area contributed by atoms with Crippen LogP contribution in [0.25, 0.3) is 0 Å². The second-order valence-corrected chi connectivity index (χ2v) is 4.99. The van der Waals surface area contributed by atoms with E-state index >= 15 is 0 Å². The quantitative estimate of drug-likeness (QED) is 0.731. The van der Waals surface area contributed by atoms with Crippen molar-refractivity contribution in [3.63, 3.8) is 0 Å². The van der Waals surface area contributed by atoms with Crippen molar-refractivity contribution >= 4 is 11.3 Å². The fourth-order valence-corrected chi connectivity index (χ4v) is 3.03. The van der Waals surface area contributed by atoms with E-state index in [2.05, 4.69) is 16.8 Å². The van der Waals surface area contributed by atoms with Crippen molar-refractivity contribution in [1.82, 2.24) is 0 Å². The summed E-state index contributed by atoms with van der Waals surface area (Å²) in [6.45, 7) is 1.98.